The van der Waals surface area contributed by atoms with Crippen LogP contribution in [0.2, 0.25) is 5.02 Å². The van der Waals surface area contributed by atoms with Gasteiger partial charge in [-0.05, 0) is 68.8 Å². The van der Waals surface area contributed by atoms with Crippen LogP contribution in [0.1, 0.15) is 35.7 Å². The van der Waals surface area contributed by atoms with E-state index in [1.807, 2.05) is 24.3 Å². The van der Waals surface area contributed by atoms with Gasteiger partial charge in [-0.2, -0.15) is 0 Å². The average molecular weight is 401 g/mol. The van der Waals surface area contributed by atoms with Crippen molar-refractivity contribution in [2.24, 2.45) is 5.92 Å². The number of amides is 1. The first-order chi connectivity index (χ1) is 13.5. The van der Waals surface area contributed by atoms with E-state index in [9.17, 15) is 9.59 Å². The third kappa shape index (κ3) is 5.57. The third-order valence-electron chi connectivity index (χ3n) is 4.92. The highest BCUT2D eigenvalue weighted by Gasteiger charge is 2.25. The van der Waals surface area contributed by atoms with E-state index in [1.165, 1.54) is 5.56 Å². The maximum atomic E-state index is 12.6. The molecule has 0 atom stereocenters. The Hall–Kier alpha value is -2.37. The molecule has 0 unspecified atom stereocenters. The van der Waals surface area contributed by atoms with Gasteiger partial charge in [0.2, 0.25) is 5.91 Å². The molecular weight excluding hydrogens is 376 g/mol. The molecule has 1 fully saturated rings. The van der Waals surface area contributed by atoms with Crippen molar-refractivity contribution in [3.8, 4) is 0 Å². The summed E-state index contributed by atoms with van der Waals surface area (Å²) < 4.78 is 5.01. The summed E-state index contributed by atoms with van der Waals surface area (Å²) in [5.74, 6) is -0.394. The molecule has 2 aromatic rings. The van der Waals surface area contributed by atoms with E-state index in [1.54, 1.807) is 31.2 Å². The lowest BCUT2D eigenvalue weighted by Gasteiger charge is -2.31. The second kappa shape index (κ2) is 9.71. The molecule has 6 heteroatoms. The van der Waals surface area contributed by atoms with Crippen molar-refractivity contribution in [2.45, 2.75) is 26.3 Å². The summed E-state index contributed by atoms with van der Waals surface area (Å²) in [4.78, 5) is 26.8. The second-order valence-corrected chi connectivity index (χ2v) is 7.40. The summed E-state index contributed by atoms with van der Waals surface area (Å²) in [6.45, 7) is 4.72. The van der Waals surface area contributed by atoms with Crippen molar-refractivity contribution < 1.29 is 14.3 Å². The van der Waals surface area contributed by atoms with E-state index in [4.69, 9.17) is 16.3 Å². The van der Waals surface area contributed by atoms with Gasteiger partial charge < -0.3 is 10.1 Å². The minimum absolute atomic E-state index is 0.00662. The fourth-order valence-corrected chi connectivity index (χ4v) is 3.51. The molecule has 0 spiro atoms. The van der Waals surface area contributed by atoms with Crippen molar-refractivity contribution in [3.63, 3.8) is 0 Å². The van der Waals surface area contributed by atoms with Gasteiger partial charge >= 0.3 is 5.97 Å². The highest BCUT2D eigenvalue weighted by Crippen LogP contribution is 2.22. The average Bonchev–Trinajstić information content (AvgIpc) is 2.70. The van der Waals surface area contributed by atoms with Gasteiger partial charge in [-0.3, -0.25) is 9.69 Å². The molecule has 0 bridgehead atoms. The monoisotopic (exact) mass is 400 g/mol. The number of carbonyl (C=O) groups excluding carboxylic acids is 2. The van der Waals surface area contributed by atoms with E-state index in [0.29, 0.717) is 17.9 Å². The molecule has 3 rings (SSSR count). The fourth-order valence-electron chi connectivity index (χ4n) is 3.38. The number of ether oxygens (including phenoxy) is 1. The summed E-state index contributed by atoms with van der Waals surface area (Å²) in [6, 6.07) is 14.8. The highest BCUT2D eigenvalue weighted by molar-refractivity contribution is 6.30. The molecule has 148 valence electrons. The van der Waals surface area contributed by atoms with Crippen LogP contribution in [-0.2, 0) is 16.1 Å². The Balaban J connectivity index is 1.50. The zero-order valence-electron chi connectivity index (χ0n) is 16.0. The summed E-state index contributed by atoms with van der Waals surface area (Å²) in [5, 5.41) is 3.68. The molecule has 2 aromatic carbocycles. The molecule has 1 amide bonds. The Morgan fingerprint density at radius 2 is 1.86 bits per heavy atom. The van der Waals surface area contributed by atoms with Crippen LogP contribution in [-0.4, -0.2) is 36.5 Å². The first kappa shape index (κ1) is 20.4. The summed E-state index contributed by atoms with van der Waals surface area (Å²) in [7, 11) is 0. The number of nitrogens with zero attached hydrogens (tertiary/aromatic N) is 1. The smallest absolute Gasteiger partial charge is 0.338 e. The van der Waals surface area contributed by atoms with E-state index >= 15 is 0 Å². The summed E-state index contributed by atoms with van der Waals surface area (Å²) in [5.41, 5.74) is 2.29. The van der Waals surface area contributed by atoms with Crippen molar-refractivity contribution in [1.82, 2.24) is 4.90 Å². The van der Waals surface area contributed by atoms with Gasteiger partial charge in [0.1, 0.15) is 0 Å². The van der Waals surface area contributed by atoms with E-state index < -0.39 is 0 Å². The van der Waals surface area contributed by atoms with Gasteiger partial charge in [0, 0.05) is 23.2 Å². The minimum atomic E-state index is -0.380. The number of benzene rings is 2. The number of nitrogens with one attached hydrogen (secondary N) is 1. The van der Waals surface area contributed by atoms with Crippen molar-refractivity contribution in [3.05, 3.63) is 64.7 Å². The largest absolute Gasteiger partial charge is 0.462 e. The van der Waals surface area contributed by atoms with Crippen LogP contribution in [0.4, 0.5) is 5.69 Å². The number of halogens is 1. The Bertz CT molecular complexity index is 815. The van der Waals surface area contributed by atoms with E-state index in [0.717, 1.165) is 37.5 Å². The Labute approximate surface area is 170 Å². The number of carbonyl (C=O) groups is 2. The number of esters is 1. The minimum Gasteiger partial charge on any atom is -0.462 e. The molecule has 1 N–H and O–H groups in total. The number of hydrogen-bond acceptors (Lipinski definition) is 4. The van der Waals surface area contributed by atoms with Gasteiger partial charge in [0.05, 0.1) is 12.2 Å². The second-order valence-electron chi connectivity index (χ2n) is 6.97. The number of hydrogen-bond donors (Lipinski definition) is 1. The standard InChI is InChI=1S/C22H25ClN2O3/c1-2-28-22(27)18-4-3-5-20(14-18)24-21(26)17-10-12-25(13-11-17)15-16-6-8-19(23)9-7-16/h3-9,14,17H,2,10-13,15H2,1H3,(H,24,26). The molecular formula is C22H25ClN2O3. The van der Waals surface area contributed by atoms with Crippen LogP contribution in [0.3, 0.4) is 0 Å². The summed E-state index contributed by atoms with van der Waals surface area (Å²) in [6.07, 6.45) is 1.63. The number of likely N-dealkylation sites (tertiary alicyclic amines) is 1. The van der Waals surface area contributed by atoms with Crippen molar-refractivity contribution in [1.29, 1.82) is 0 Å². The van der Waals surface area contributed by atoms with Gasteiger partial charge in [-0.1, -0.05) is 29.8 Å². The Morgan fingerprint density at radius 3 is 2.54 bits per heavy atom. The Kier molecular flexibility index (Phi) is 7.06. The molecule has 0 aromatic heterocycles. The third-order valence-corrected chi connectivity index (χ3v) is 5.17. The molecule has 28 heavy (non-hydrogen) atoms. The predicted octanol–water partition coefficient (Wildman–Crippen LogP) is 4.37. The van der Waals surface area contributed by atoms with Crippen molar-refractivity contribution in [2.75, 3.05) is 25.0 Å². The number of rotatable bonds is 6. The molecule has 1 aliphatic heterocycles. The zero-order valence-corrected chi connectivity index (χ0v) is 16.7. The molecule has 5 nitrogen and oxygen atoms in total. The van der Waals surface area contributed by atoms with Crippen LogP contribution in [0.5, 0.6) is 0 Å². The summed E-state index contributed by atoms with van der Waals surface area (Å²) >= 11 is 5.93. The van der Waals surface area contributed by atoms with E-state index in [-0.39, 0.29) is 17.8 Å². The SMILES string of the molecule is CCOC(=O)c1cccc(NC(=O)C2CCN(Cc3ccc(Cl)cc3)CC2)c1. The van der Waals surface area contributed by atoms with E-state index in [2.05, 4.69) is 10.2 Å². The quantitative estimate of drug-likeness (QED) is 0.731. The Morgan fingerprint density at radius 1 is 1.14 bits per heavy atom. The van der Waals surface area contributed by atoms with Gasteiger partial charge in [-0.15, -0.1) is 0 Å². The lowest BCUT2D eigenvalue weighted by molar-refractivity contribution is -0.121. The van der Waals surface area contributed by atoms with Crippen LogP contribution < -0.4 is 5.32 Å². The van der Waals surface area contributed by atoms with Gasteiger partial charge in [0.15, 0.2) is 0 Å². The molecule has 0 radical (unpaired) electrons. The van der Waals surface area contributed by atoms with Crippen LogP contribution in [0.15, 0.2) is 48.5 Å². The molecule has 1 saturated heterocycles. The lowest BCUT2D eigenvalue weighted by atomic mass is 9.95. The first-order valence-corrected chi connectivity index (χ1v) is 9.98. The topological polar surface area (TPSA) is 58.6 Å². The number of piperidine rings is 1. The number of anilines is 1. The maximum Gasteiger partial charge on any atom is 0.338 e. The van der Waals surface area contributed by atoms with Crippen molar-refractivity contribution >= 4 is 29.2 Å². The predicted molar refractivity (Wildman–Crippen MR) is 110 cm³/mol. The molecule has 0 aliphatic carbocycles. The molecule has 1 aliphatic rings. The highest BCUT2D eigenvalue weighted by atomic mass is 35.5. The molecule has 0 saturated carbocycles. The fraction of sp³-hybridized carbons (Fsp3) is 0.364. The maximum absolute atomic E-state index is 12.6. The van der Waals surface area contributed by atoms with Gasteiger partial charge in [-0.25, -0.2) is 4.79 Å². The molecule has 1 heterocycles. The van der Waals surface area contributed by atoms with Crippen LogP contribution in [0.25, 0.3) is 0 Å². The zero-order chi connectivity index (χ0) is 19.9. The normalized spacial score (nSPS) is 15.2. The first-order valence-electron chi connectivity index (χ1n) is 9.60. The lowest BCUT2D eigenvalue weighted by Crippen LogP contribution is -2.37. The van der Waals surface area contributed by atoms with Crippen LogP contribution >= 0.6 is 11.6 Å². The van der Waals surface area contributed by atoms with Gasteiger partial charge in [0.25, 0.3) is 0 Å². The van der Waals surface area contributed by atoms with Crippen LogP contribution in [0, 0.1) is 5.92 Å².